The molecule has 0 unspecified atom stereocenters. The third-order valence-electron chi connectivity index (χ3n) is 0.885. The largest absolute Gasteiger partial charge is 0.414 e. The smallest absolute Gasteiger partial charge is 0.184 e. The lowest BCUT2D eigenvalue weighted by Gasteiger charge is -2.14. The fraction of sp³-hybridized carbons (Fsp3) is 0.500. The second-order valence-electron chi connectivity index (χ2n) is 3.09. The van der Waals surface area contributed by atoms with Gasteiger partial charge in [0.15, 0.2) is 8.32 Å². The van der Waals surface area contributed by atoms with E-state index in [1.807, 2.05) is 12.2 Å². The Morgan fingerprint density at radius 3 is 2.40 bits per heavy atom. The fourth-order valence-electron chi connectivity index (χ4n) is 0.450. The molecule has 0 saturated heterocycles. The topological polar surface area (TPSA) is 9.23 Å². The molecule has 0 aliphatic rings. The van der Waals surface area contributed by atoms with Gasteiger partial charge in [0.05, 0.1) is 6.61 Å². The molecule has 1 nitrogen and oxygen atoms in total. The summed E-state index contributed by atoms with van der Waals surface area (Å²) < 4.78 is 5.54. The maximum Gasteiger partial charge on any atom is 0.184 e. The van der Waals surface area contributed by atoms with E-state index in [9.17, 15) is 0 Å². The molecule has 0 spiro atoms. The molecule has 0 aromatic heterocycles. The Bertz CT molecular complexity index is 122. The minimum atomic E-state index is -1.29. The van der Waals surface area contributed by atoms with E-state index in [1.165, 1.54) is 0 Å². The van der Waals surface area contributed by atoms with Crippen LogP contribution in [0.5, 0.6) is 0 Å². The van der Waals surface area contributed by atoms with Gasteiger partial charge in [0.2, 0.25) is 0 Å². The van der Waals surface area contributed by atoms with Gasteiger partial charge in [-0.25, -0.2) is 0 Å². The van der Waals surface area contributed by atoms with Gasteiger partial charge >= 0.3 is 0 Å². The normalized spacial score (nSPS) is 12.3. The van der Waals surface area contributed by atoms with Crippen molar-refractivity contribution in [3.63, 3.8) is 0 Å². The predicted molar refractivity (Wildman–Crippen MR) is 48.6 cm³/mol. The Hall–Kier alpha value is -0.343. The van der Waals surface area contributed by atoms with Crippen LogP contribution in [0.1, 0.15) is 0 Å². The van der Waals surface area contributed by atoms with Gasteiger partial charge < -0.3 is 4.43 Å². The predicted octanol–water partition coefficient (Wildman–Crippen LogP) is 2.58. The summed E-state index contributed by atoms with van der Waals surface area (Å²) in [6.07, 6.45) is 5.64. The maximum atomic E-state index is 5.54. The monoisotopic (exact) mass is 156 g/mol. The second kappa shape index (κ2) is 4.47. The van der Waals surface area contributed by atoms with Crippen molar-refractivity contribution in [3.8, 4) is 0 Å². The van der Waals surface area contributed by atoms with Crippen LogP contribution >= 0.6 is 0 Å². The first-order chi connectivity index (χ1) is 4.56. The highest BCUT2D eigenvalue weighted by Gasteiger charge is 2.11. The number of allylic oxidation sites excluding steroid dienone is 2. The Kier molecular flexibility index (Phi) is 4.32. The minimum absolute atomic E-state index is 0.724. The van der Waals surface area contributed by atoms with Crippen LogP contribution in [0.3, 0.4) is 0 Å². The highest BCUT2D eigenvalue weighted by atomic mass is 28.4. The van der Waals surface area contributed by atoms with Crippen LogP contribution < -0.4 is 0 Å². The van der Waals surface area contributed by atoms with Crippen molar-refractivity contribution in [2.45, 2.75) is 19.6 Å². The van der Waals surface area contributed by atoms with Crippen molar-refractivity contribution in [3.05, 3.63) is 24.8 Å². The number of hydrogen-bond acceptors (Lipinski definition) is 1. The van der Waals surface area contributed by atoms with E-state index in [0.29, 0.717) is 0 Å². The van der Waals surface area contributed by atoms with Crippen molar-refractivity contribution >= 4 is 8.32 Å². The first-order valence-corrected chi connectivity index (χ1v) is 6.88. The molecule has 0 amide bonds. The summed E-state index contributed by atoms with van der Waals surface area (Å²) in [4.78, 5) is 0. The molecule has 0 saturated carbocycles. The van der Waals surface area contributed by atoms with Gasteiger partial charge in [0.1, 0.15) is 0 Å². The molecule has 0 aromatic rings. The lowest BCUT2D eigenvalue weighted by atomic mass is 10.5. The van der Waals surface area contributed by atoms with Gasteiger partial charge in [-0.05, 0) is 19.6 Å². The van der Waals surface area contributed by atoms with Crippen molar-refractivity contribution < 1.29 is 4.43 Å². The standard InChI is InChI=1S/C8H16OSi/c1-5-6-7-8-9-10(2,3)4/h5-7H,1,8H2,2-4H3/b7-6+. The molecule has 0 heterocycles. The Morgan fingerprint density at radius 2 is 2.00 bits per heavy atom. The van der Waals surface area contributed by atoms with E-state index in [4.69, 9.17) is 4.43 Å². The van der Waals surface area contributed by atoms with Gasteiger partial charge in [-0.2, -0.15) is 0 Å². The van der Waals surface area contributed by atoms with E-state index in [-0.39, 0.29) is 0 Å². The molecule has 0 rings (SSSR count). The SMILES string of the molecule is C=C/C=C/CO[Si](C)(C)C. The molecular formula is C8H16OSi. The third kappa shape index (κ3) is 7.66. The zero-order valence-electron chi connectivity index (χ0n) is 7.05. The maximum absolute atomic E-state index is 5.54. The molecule has 10 heavy (non-hydrogen) atoms. The number of hydrogen-bond donors (Lipinski definition) is 0. The van der Waals surface area contributed by atoms with Crippen LogP contribution in [0.25, 0.3) is 0 Å². The van der Waals surface area contributed by atoms with Gasteiger partial charge in [0, 0.05) is 0 Å². The second-order valence-corrected chi connectivity index (χ2v) is 7.60. The molecule has 0 N–H and O–H groups in total. The van der Waals surface area contributed by atoms with E-state index < -0.39 is 8.32 Å². The Labute approximate surface area is 64.5 Å². The van der Waals surface area contributed by atoms with Crippen molar-refractivity contribution in [2.75, 3.05) is 6.61 Å². The first-order valence-electron chi connectivity index (χ1n) is 3.48. The van der Waals surface area contributed by atoms with Crippen LogP contribution in [-0.2, 0) is 4.43 Å². The molecule has 0 radical (unpaired) electrons. The highest BCUT2D eigenvalue weighted by Crippen LogP contribution is 2.01. The number of rotatable bonds is 4. The molecule has 0 bridgehead atoms. The van der Waals surface area contributed by atoms with E-state index in [2.05, 4.69) is 26.2 Å². The molecule has 58 valence electrons. The molecule has 0 aliphatic heterocycles. The zero-order valence-corrected chi connectivity index (χ0v) is 8.05. The molecule has 0 aliphatic carbocycles. The lowest BCUT2D eigenvalue weighted by molar-refractivity contribution is 0.357. The van der Waals surface area contributed by atoms with Crippen LogP contribution in [0.2, 0.25) is 19.6 Å². The summed E-state index contributed by atoms with van der Waals surface area (Å²) in [6.45, 7) is 10.8. The Morgan fingerprint density at radius 1 is 1.40 bits per heavy atom. The molecule has 0 atom stereocenters. The van der Waals surface area contributed by atoms with Crippen molar-refractivity contribution in [1.29, 1.82) is 0 Å². The summed E-state index contributed by atoms with van der Waals surface area (Å²) in [5, 5.41) is 0. The van der Waals surface area contributed by atoms with Crippen LogP contribution in [0, 0.1) is 0 Å². The summed E-state index contributed by atoms with van der Waals surface area (Å²) in [6, 6.07) is 0. The van der Waals surface area contributed by atoms with Gasteiger partial charge in [-0.3, -0.25) is 0 Å². The van der Waals surface area contributed by atoms with Gasteiger partial charge in [-0.1, -0.05) is 24.8 Å². The van der Waals surface area contributed by atoms with Crippen molar-refractivity contribution in [2.24, 2.45) is 0 Å². The summed E-state index contributed by atoms with van der Waals surface area (Å²) in [7, 11) is -1.29. The minimum Gasteiger partial charge on any atom is -0.414 e. The van der Waals surface area contributed by atoms with Crippen LogP contribution in [-0.4, -0.2) is 14.9 Å². The van der Waals surface area contributed by atoms with E-state index >= 15 is 0 Å². The van der Waals surface area contributed by atoms with E-state index in [0.717, 1.165) is 6.61 Å². The quantitative estimate of drug-likeness (QED) is 0.449. The van der Waals surface area contributed by atoms with Crippen LogP contribution in [0.15, 0.2) is 24.8 Å². The van der Waals surface area contributed by atoms with Gasteiger partial charge in [0.25, 0.3) is 0 Å². The molecular weight excluding hydrogens is 140 g/mol. The first kappa shape index (κ1) is 9.66. The third-order valence-corrected chi connectivity index (χ3v) is 1.92. The van der Waals surface area contributed by atoms with Crippen molar-refractivity contribution in [1.82, 2.24) is 0 Å². The molecule has 0 fully saturated rings. The average Bonchev–Trinajstić information content (AvgIpc) is 1.78. The van der Waals surface area contributed by atoms with Crippen LogP contribution in [0.4, 0.5) is 0 Å². The van der Waals surface area contributed by atoms with Gasteiger partial charge in [-0.15, -0.1) is 0 Å². The lowest BCUT2D eigenvalue weighted by Crippen LogP contribution is -2.25. The highest BCUT2D eigenvalue weighted by molar-refractivity contribution is 6.69. The Balaban J connectivity index is 3.37. The molecule has 0 aromatic carbocycles. The zero-order chi connectivity index (χ0) is 8.04. The van der Waals surface area contributed by atoms with E-state index in [1.54, 1.807) is 6.08 Å². The molecule has 2 heteroatoms. The summed E-state index contributed by atoms with van der Waals surface area (Å²) in [5.74, 6) is 0. The summed E-state index contributed by atoms with van der Waals surface area (Å²) >= 11 is 0. The fourth-order valence-corrected chi connectivity index (χ4v) is 1.05. The average molecular weight is 156 g/mol. The summed E-state index contributed by atoms with van der Waals surface area (Å²) in [5.41, 5.74) is 0.